The molecule has 27 heavy (non-hydrogen) atoms. The van der Waals surface area contributed by atoms with Crippen molar-refractivity contribution in [3.63, 3.8) is 0 Å². The Balaban J connectivity index is 1.77. The van der Waals surface area contributed by atoms with Gasteiger partial charge in [0.1, 0.15) is 5.75 Å². The first kappa shape index (κ1) is 17.3. The van der Waals surface area contributed by atoms with E-state index in [2.05, 4.69) is 35.3 Å². The summed E-state index contributed by atoms with van der Waals surface area (Å²) in [6, 6.07) is 13.7. The molecule has 0 saturated heterocycles. The van der Waals surface area contributed by atoms with Crippen LogP contribution in [0.1, 0.15) is 49.8 Å². The van der Waals surface area contributed by atoms with Gasteiger partial charge in [-0.15, -0.1) is 0 Å². The predicted octanol–water partition coefficient (Wildman–Crippen LogP) is 5.11. The lowest BCUT2D eigenvalue weighted by Crippen LogP contribution is -2.06. The highest BCUT2D eigenvalue weighted by Crippen LogP contribution is 2.39. The summed E-state index contributed by atoms with van der Waals surface area (Å²) in [5, 5.41) is 13.5. The fraction of sp³-hybridized carbons (Fsp3) is 0.318. The molecule has 0 radical (unpaired) electrons. The molecule has 0 N–H and O–H groups in total. The van der Waals surface area contributed by atoms with Crippen molar-refractivity contribution in [3.05, 3.63) is 53.1 Å². The SMILES string of the molecule is CC(C)Oc1ccc(C#N)cc1-c1nc(-c2cccc3c2CC[C@@H]3C)no1. The van der Waals surface area contributed by atoms with Crippen molar-refractivity contribution >= 4 is 0 Å². The van der Waals surface area contributed by atoms with Gasteiger partial charge < -0.3 is 9.26 Å². The summed E-state index contributed by atoms with van der Waals surface area (Å²) in [6.45, 7) is 6.16. The topological polar surface area (TPSA) is 71.9 Å². The molecular weight excluding hydrogens is 338 g/mol. The Kier molecular flexibility index (Phi) is 4.41. The predicted molar refractivity (Wildman–Crippen MR) is 102 cm³/mol. The Morgan fingerprint density at radius 1 is 1.22 bits per heavy atom. The van der Waals surface area contributed by atoms with Crippen molar-refractivity contribution in [1.29, 1.82) is 5.26 Å². The average Bonchev–Trinajstić information content (AvgIpc) is 3.29. The lowest BCUT2D eigenvalue weighted by Gasteiger charge is -2.12. The van der Waals surface area contributed by atoms with Crippen LogP contribution in [0.3, 0.4) is 0 Å². The second-order valence-electron chi connectivity index (χ2n) is 7.23. The van der Waals surface area contributed by atoms with Crippen LogP contribution in [0.4, 0.5) is 0 Å². The smallest absolute Gasteiger partial charge is 0.262 e. The molecule has 2 aromatic carbocycles. The van der Waals surface area contributed by atoms with Crippen molar-refractivity contribution in [2.45, 2.75) is 45.6 Å². The molecule has 0 spiro atoms. The van der Waals surface area contributed by atoms with E-state index >= 15 is 0 Å². The fourth-order valence-corrected chi connectivity index (χ4v) is 3.64. The zero-order valence-electron chi connectivity index (χ0n) is 15.7. The molecule has 0 amide bonds. The first-order valence-electron chi connectivity index (χ1n) is 9.24. The first-order chi connectivity index (χ1) is 13.1. The minimum atomic E-state index is -0.00189. The molecule has 3 aromatic rings. The van der Waals surface area contributed by atoms with Crippen LogP contribution in [0.2, 0.25) is 0 Å². The van der Waals surface area contributed by atoms with Crippen molar-refractivity contribution in [2.75, 3.05) is 0 Å². The second-order valence-corrected chi connectivity index (χ2v) is 7.23. The van der Waals surface area contributed by atoms with Crippen LogP contribution in [0.15, 0.2) is 40.9 Å². The quantitative estimate of drug-likeness (QED) is 0.647. The first-order valence-corrected chi connectivity index (χ1v) is 9.24. The van der Waals surface area contributed by atoms with Crippen LogP contribution >= 0.6 is 0 Å². The molecule has 1 atom stereocenters. The Morgan fingerprint density at radius 3 is 2.85 bits per heavy atom. The summed E-state index contributed by atoms with van der Waals surface area (Å²) in [7, 11) is 0. The largest absolute Gasteiger partial charge is 0.490 e. The molecular formula is C22H21N3O2. The number of hydrogen-bond acceptors (Lipinski definition) is 5. The molecule has 4 rings (SSSR count). The number of ether oxygens (including phenoxy) is 1. The van der Waals surface area contributed by atoms with Gasteiger partial charge in [-0.25, -0.2) is 0 Å². The molecule has 1 aromatic heterocycles. The highest BCUT2D eigenvalue weighted by molar-refractivity contribution is 5.69. The van der Waals surface area contributed by atoms with E-state index < -0.39 is 0 Å². The molecule has 136 valence electrons. The van der Waals surface area contributed by atoms with Crippen molar-refractivity contribution in [3.8, 4) is 34.7 Å². The van der Waals surface area contributed by atoms with E-state index in [1.54, 1.807) is 18.2 Å². The zero-order valence-corrected chi connectivity index (χ0v) is 15.7. The number of nitriles is 1. The van der Waals surface area contributed by atoms with Crippen LogP contribution in [0, 0.1) is 11.3 Å². The highest BCUT2D eigenvalue weighted by Gasteiger charge is 2.24. The minimum Gasteiger partial charge on any atom is -0.490 e. The van der Waals surface area contributed by atoms with E-state index in [1.165, 1.54) is 11.1 Å². The third-order valence-electron chi connectivity index (χ3n) is 4.94. The third kappa shape index (κ3) is 3.19. The number of hydrogen-bond donors (Lipinski definition) is 0. The summed E-state index contributed by atoms with van der Waals surface area (Å²) in [5.74, 6) is 2.13. The Bertz CT molecular complexity index is 1030. The Hall–Kier alpha value is -3.13. The molecule has 1 aliphatic carbocycles. The van der Waals surface area contributed by atoms with Gasteiger partial charge in [0.05, 0.1) is 23.3 Å². The van der Waals surface area contributed by atoms with Crippen LogP contribution < -0.4 is 4.74 Å². The molecule has 0 saturated carbocycles. The lowest BCUT2D eigenvalue weighted by molar-refractivity contribution is 0.242. The van der Waals surface area contributed by atoms with Gasteiger partial charge in [0.25, 0.3) is 5.89 Å². The van der Waals surface area contributed by atoms with E-state index in [-0.39, 0.29) is 6.10 Å². The van der Waals surface area contributed by atoms with E-state index in [4.69, 9.17) is 9.26 Å². The maximum absolute atomic E-state index is 9.24. The Labute approximate surface area is 158 Å². The van der Waals surface area contributed by atoms with Gasteiger partial charge in [0.2, 0.25) is 5.82 Å². The van der Waals surface area contributed by atoms with E-state index in [9.17, 15) is 5.26 Å². The molecule has 5 nitrogen and oxygen atoms in total. The molecule has 0 unspecified atom stereocenters. The van der Waals surface area contributed by atoms with Crippen molar-refractivity contribution < 1.29 is 9.26 Å². The van der Waals surface area contributed by atoms with Gasteiger partial charge in [-0.1, -0.05) is 30.3 Å². The summed E-state index contributed by atoms with van der Waals surface area (Å²) < 4.78 is 11.4. The monoisotopic (exact) mass is 359 g/mol. The number of nitrogens with zero attached hydrogens (tertiary/aromatic N) is 3. The van der Waals surface area contributed by atoms with Crippen molar-refractivity contribution in [2.24, 2.45) is 0 Å². The molecule has 0 bridgehead atoms. The Morgan fingerprint density at radius 2 is 2.07 bits per heavy atom. The fourth-order valence-electron chi connectivity index (χ4n) is 3.64. The number of fused-ring (bicyclic) bond motifs is 1. The van der Waals surface area contributed by atoms with E-state index in [1.807, 2.05) is 19.9 Å². The third-order valence-corrected chi connectivity index (χ3v) is 4.94. The van der Waals surface area contributed by atoms with Gasteiger partial charge in [-0.2, -0.15) is 10.2 Å². The van der Waals surface area contributed by atoms with Crippen LogP contribution in [-0.4, -0.2) is 16.2 Å². The van der Waals surface area contributed by atoms with Crippen LogP contribution in [0.5, 0.6) is 5.75 Å². The average molecular weight is 359 g/mol. The van der Waals surface area contributed by atoms with E-state index in [0.29, 0.717) is 34.5 Å². The summed E-state index contributed by atoms with van der Waals surface area (Å²) in [5.41, 5.74) is 4.86. The standard InChI is InChI=1S/C22H21N3O2/c1-13(2)26-20-10-8-15(12-23)11-19(20)22-24-21(25-27-22)18-6-4-5-16-14(3)7-9-17(16)18/h4-6,8,10-11,13-14H,7,9H2,1-3H3/t14-/m0/s1. The molecule has 1 heterocycles. The molecule has 0 fully saturated rings. The normalized spacial score (nSPS) is 15.6. The lowest BCUT2D eigenvalue weighted by atomic mass is 9.99. The van der Waals surface area contributed by atoms with Gasteiger partial charge in [-0.05, 0) is 61.9 Å². The van der Waals surface area contributed by atoms with Gasteiger partial charge in [0.15, 0.2) is 0 Å². The van der Waals surface area contributed by atoms with Crippen LogP contribution in [-0.2, 0) is 6.42 Å². The van der Waals surface area contributed by atoms with Gasteiger partial charge in [0, 0.05) is 5.56 Å². The molecule has 5 heteroatoms. The summed E-state index contributed by atoms with van der Waals surface area (Å²) >= 11 is 0. The second kappa shape index (κ2) is 6.88. The number of benzene rings is 2. The van der Waals surface area contributed by atoms with Crippen LogP contribution in [0.25, 0.3) is 22.8 Å². The summed E-state index contributed by atoms with van der Waals surface area (Å²) in [6.07, 6.45) is 2.17. The number of rotatable bonds is 4. The molecule has 1 aliphatic rings. The maximum atomic E-state index is 9.24. The van der Waals surface area contributed by atoms with Gasteiger partial charge in [-0.3, -0.25) is 0 Å². The minimum absolute atomic E-state index is 0.00189. The summed E-state index contributed by atoms with van der Waals surface area (Å²) in [4.78, 5) is 4.63. The maximum Gasteiger partial charge on any atom is 0.262 e. The number of aromatic nitrogens is 2. The zero-order chi connectivity index (χ0) is 19.0. The van der Waals surface area contributed by atoms with Gasteiger partial charge >= 0.3 is 0 Å². The highest BCUT2D eigenvalue weighted by atomic mass is 16.5. The van der Waals surface area contributed by atoms with E-state index in [0.717, 1.165) is 18.4 Å². The molecule has 0 aliphatic heterocycles. The van der Waals surface area contributed by atoms with Crippen molar-refractivity contribution in [1.82, 2.24) is 10.1 Å².